The van der Waals surface area contributed by atoms with Crippen LogP contribution in [0.5, 0.6) is 0 Å². The number of furan rings is 1. The molecule has 0 radical (unpaired) electrons. The number of nitrogens with one attached hydrogen (secondary N) is 1. The summed E-state index contributed by atoms with van der Waals surface area (Å²) < 4.78 is 6.85. The van der Waals surface area contributed by atoms with Crippen molar-refractivity contribution >= 4 is 12.0 Å². The average Bonchev–Trinajstić information content (AvgIpc) is 3.36. The van der Waals surface area contributed by atoms with Gasteiger partial charge in [-0.15, -0.1) is 5.10 Å². The van der Waals surface area contributed by atoms with Crippen molar-refractivity contribution in [3.05, 3.63) is 89.7 Å². The Morgan fingerprint density at radius 3 is 2.85 bits per heavy atom. The number of carbonyl (C=O) groups excluding carboxylic acids is 1. The molecule has 0 unspecified atom stereocenters. The maximum Gasteiger partial charge on any atom is 0.262 e. The second-order valence-corrected chi connectivity index (χ2v) is 5.64. The Kier molecular flexibility index (Phi) is 5.94. The molecule has 0 bridgehead atoms. The SMILES string of the molecule is N#C/C(=C\C=C\c1cn(Cc2ccccc2)nn1)C(=O)NCc1ccco1. The number of aromatic nitrogens is 3. The van der Waals surface area contributed by atoms with Crippen LogP contribution in [0, 0.1) is 11.3 Å². The first-order valence-electron chi connectivity index (χ1n) is 8.27. The van der Waals surface area contributed by atoms with E-state index in [9.17, 15) is 4.79 Å². The smallest absolute Gasteiger partial charge is 0.262 e. The highest BCUT2D eigenvalue weighted by molar-refractivity contribution is 5.97. The molecule has 134 valence electrons. The molecule has 2 heterocycles. The number of carbonyl (C=O) groups is 1. The van der Waals surface area contributed by atoms with Gasteiger partial charge >= 0.3 is 0 Å². The van der Waals surface area contributed by atoms with E-state index in [4.69, 9.17) is 9.68 Å². The molecule has 1 aromatic carbocycles. The van der Waals surface area contributed by atoms with E-state index < -0.39 is 5.91 Å². The molecule has 0 saturated carbocycles. The lowest BCUT2D eigenvalue weighted by Gasteiger charge is -2.00. The summed E-state index contributed by atoms with van der Waals surface area (Å²) in [5, 5.41) is 19.9. The van der Waals surface area contributed by atoms with Gasteiger partial charge in [-0.05, 0) is 29.8 Å². The molecule has 0 atom stereocenters. The lowest BCUT2D eigenvalue weighted by atomic mass is 10.2. The van der Waals surface area contributed by atoms with Gasteiger partial charge in [0.1, 0.15) is 23.1 Å². The van der Waals surface area contributed by atoms with Gasteiger partial charge in [0.2, 0.25) is 0 Å². The molecular formula is C20H17N5O2. The van der Waals surface area contributed by atoms with Crippen LogP contribution in [0.1, 0.15) is 17.0 Å². The zero-order valence-electron chi connectivity index (χ0n) is 14.4. The largest absolute Gasteiger partial charge is 0.467 e. The van der Waals surface area contributed by atoms with Crippen LogP contribution in [-0.2, 0) is 17.9 Å². The summed E-state index contributed by atoms with van der Waals surface area (Å²) in [7, 11) is 0. The van der Waals surface area contributed by atoms with Crippen LogP contribution in [0.4, 0.5) is 0 Å². The number of allylic oxidation sites excluding steroid dienone is 2. The third-order valence-electron chi connectivity index (χ3n) is 3.64. The predicted molar refractivity (Wildman–Crippen MR) is 98.9 cm³/mol. The van der Waals surface area contributed by atoms with Crippen molar-refractivity contribution in [1.29, 1.82) is 5.26 Å². The summed E-state index contributed by atoms with van der Waals surface area (Å²) in [5.41, 5.74) is 1.75. The molecule has 7 nitrogen and oxygen atoms in total. The topological polar surface area (TPSA) is 96.7 Å². The lowest BCUT2D eigenvalue weighted by molar-refractivity contribution is -0.117. The summed E-state index contributed by atoms with van der Waals surface area (Å²) >= 11 is 0. The van der Waals surface area contributed by atoms with Crippen molar-refractivity contribution in [1.82, 2.24) is 20.3 Å². The van der Waals surface area contributed by atoms with Gasteiger partial charge in [0.15, 0.2) is 0 Å². The van der Waals surface area contributed by atoms with E-state index >= 15 is 0 Å². The second-order valence-electron chi connectivity index (χ2n) is 5.64. The Morgan fingerprint density at radius 2 is 2.11 bits per heavy atom. The third-order valence-corrected chi connectivity index (χ3v) is 3.64. The number of nitrogens with zero attached hydrogens (tertiary/aromatic N) is 4. The minimum atomic E-state index is -0.466. The summed E-state index contributed by atoms with van der Waals surface area (Å²) in [6.45, 7) is 0.846. The van der Waals surface area contributed by atoms with E-state index in [0.717, 1.165) is 5.56 Å². The minimum absolute atomic E-state index is 0.00511. The molecule has 1 amide bonds. The maximum atomic E-state index is 12.0. The first-order valence-corrected chi connectivity index (χ1v) is 8.27. The van der Waals surface area contributed by atoms with Gasteiger partial charge in [-0.1, -0.05) is 41.6 Å². The molecule has 1 N–H and O–H groups in total. The number of nitriles is 1. The van der Waals surface area contributed by atoms with Crippen LogP contribution < -0.4 is 5.32 Å². The fourth-order valence-electron chi connectivity index (χ4n) is 2.32. The molecule has 0 spiro atoms. The van der Waals surface area contributed by atoms with Gasteiger partial charge in [0.05, 0.1) is 25.5 Å². The lowest BCUT2D eigenvalue weighted by Crippen LogP contribution is -2.23. The Hall–Kier alpha value is -3.92. The van der Waals surface area contributed by atoms with E-state index in [0.29, 0.717) is 18.0 Å². The molecule has 0 aliphatic heterocycles. The molecule has 3 rings (SSSR count). The first kappa shape index (κ1) is 17.9. The standard InChI is InChI=1S/C20H17N5O2/c21-12-17(20(26)22-13-19-10-5-11-27-19)8-4-9-18-15-25(24-23-18)14-16-6-2-1-3-7-16/h1-11,15H,13-14H2,(H,22,26)/b9-4+,17-8+. The quantitative estimate of drug-likeness (QED) is 0.397. The molecule has 2 aromatic heterocycles. The summed E-state index contributed by atoms with van der Waals surface area (Å²) in [6, 6.07) is 15.3. The Labute approximate surface area is 156 Å². The second kappa shape index (κ2) is 8.97. The molecule has 0 fully saturated rings. The number of benzene rings is 1. The van der Waals surface area contributed by atoms with Crippen molar-refractivity contribution in [2.75, 3.05) is 0 Å². The van der Waals surface area contributed by atoms with Crippen molar-refractivity contribution in [2.45, 2.75) is 13.1 Å². The maximum absolute atomic E-state index is 12.0. The monoisotopic (exact) mass is 359 g/mol. The average molecular weight is 359 g/mol. The molecule has 0 saturated heterocycles. The zero-order chi connectivity index (χ0) is 18.9. The fraction of sp³-hybridized carbons (Fsp3) is 0.100. The first-order chi connectivity index (χ1) is 13.2. The highest BCUT2D eigenvalue weighted by atomic mass is 16.3. The third kappa shape index (κ3) is 5.28. The molecule has 0 aliphatic rings. The van der Waals surface area contributed by atoms with Crippen molar-refractivity contribution < 1.29 is 9.21 Å². The fourth-order valence-corrected chi connectivity index (χ4v) is 2.32. The van der Waals surface area contributed by atoms with Crippen LogP contribution in [0.15, 0.2) is 77.1 Å². The molecule has 27 heavy (non-hydrogen) atoms. The molecule has 7 heteroatoms. The van der Waals surface area contributed by atoms with Crippen molar-refractivity contribution in [2.24, 2.45) is 0 Å². The van der Waals surface area contributed by atoms with Crippen LogP contribution in [0.3, 0.4) is 0 Å². The Bertz CT molecular complexity index is 979. The van der Waals surface area contributed by atoms with Crippen molar-refractivity contribution in [3.8, 4) is 6.07 Å². The molecule has 0 aliphatic carbocycles. The Balaban J connectivity index is 1.57. The van der Waals surface area contributed by atoms with E-state index in [1.54, 1.807) is 35.2 Å². The molecular weight excluding hydrogens is 342 g/mol. The van der Waals surface area contributed by atoms with Crippen molar-refractivity contribution in [3.63, 3.8) is 0 Å². The highest BCUT2D eigenvalue weighted by Crippen LogP contribution is 2.04. The highest BCUT2D eigenvalue weighted by Gasteiger charge is 2.08. The van der Waals surface area contributed by atoms with Crippen LogP contribution >= 0.6 is 0 Å². The van der Waals surface area contributed by atoms with E-state index in [1.165, 1.54) is 12.3 Å². The summed E-state index contributed by atoms with van der Waals surface area (Å²) in [6.07, 6.45) is 8.04. The van der Waals surface area contributed by atoms with Gasteiger partial charge in [-0.2, -0.15) is 5.26 Å². The van der Waals surface area contributed by atoms with E-state index in [-0.39, 0.29) is 12.1 Å². The van der Waals surface area contributed by atoms with Gasteiger partial charge in [-0.25, -0.2) is 4.68 Å². The molecule has 3 aromatic rings. The van der Waals surface area contributed by atoms with Crippen LogP contribution in [-0.4, -0.2) is 20.9 Å². The van der Waals surface area contributed by atoms with Crippen LogP contribution in [0.25, 0.3) is 6.08 Å². The van der Waals surface area contributed by atoms with Gasteiger partial charge in [-0.3, -0.25) is 4.79 Å². The normalized spacial score (nSPS) is 11.4. The number of hydrogen-bond donors (Lipinski definition) is 1. The van der Waals surface area contributed by atoms with E-state index in [2.05, 4.69) is 15.6 Å². The van der Waals surface area contributed by atoms with Crippen LogP contribution in [0.2, 0.25) is 0 Å². The minimum Gasteiger partial charge on any atom is -0.467 e. The number of hydrogen-bond acceptors (Lipinski definition) is 5. The van der Waals surface area contributed by atoms with E-state index in [1.807, 2.05) is 36.4 Å². The van der Waals surface area contributed by atoms with Gasteiger partial charge in [0.25, 0.3) is 5.91 Å². The number of amides is 1. The summed E-state index contributed by atoms with van der Waals surface area (Å²) in [4.78, 5) is 12.0. The Morgan fingerprint density at radius 1 is 1.26 bits per heavy atom. The predicted octanol–water partition coefficient (Wildman–Crippen LogP) is 2.70. The van der Waals surface area contributed by atoms with Gasteiger partial charge in [0, 0.05) is 0 Å². The van der Waals surface area contributed by atoms with Gasteiger partial charge < -0.3 is 9.73 Å². The summed E-state index contributed by atoms with van der Waals surface area (Å²) in [5.74, 6) is 0.150. The number of rotatable bonds is 7. The zero-order valence-corrected chi connectivity index (χ0v) is 14.4.